The van der Waals surface area contributed by atoms with Gasteiger partial charge in [-0.3, -0.25) is 0 Å². The third-order valence-electron chi connectivity index (χ3n) is 2.29. The first kappa shape index (κ1) is 14.4. The summed E-state index contributed by atoms with van der Waals surface area (Å²) in [4.78, 5) is 0. The Morgan fingerprint density at radius 3 is 2.53 bits per heavy atom. The number of rotatable bonds is 5. The number of hydrogen-bond acceptors (Lipinski definition) is 3. The van der Waals surface area contributed by atoms with Gasteiger partial charge in [0, 0.05) is 22.1 Å². The van der Waals surface area contributed by atoms with Gasteiger partial charge in [-0.2, -0.15) is 11.8 Å². The Hall–Kier alpha value is -0.670. The fraction of sp³-hybridized carbons (Fsp3) is 0.571. The molecule has 0 aromatic heterocycles. The summed E-state index contributed by atoms with van der Waals surface area (Å²) in [7, 11) is 0. The topological polar surface area (TPSA) is 35.2 Å². The monoisotopic (exact) mass is 253 g/mol. The number of para-hydroxylation sites is 1. The molecule has 2 nitrogen and oxygen atoms in total. The molecule has 0 aliphatic heterocycles. The molecule has 17 heavy (non-hydrogen) atoms. The second-order valence-corrected chi connectivity index (χ2v) is 7.06. The molecular formula is C14H23NOS. The van der Waals surface area contributed by atoms with Crippen molar-refractivity contribution >= 4 is 11.8 Å². The SMILES string of the molecule is C[C@H](N)c1ccccc1OCCSC(C)(C)C. The van der Waals surface area contributed by atoms with E-state index in [9.17, 15) is 0 Å². The summed E-state index contributed by atoms with van der Waals surface area (Å²) in [5.74, 6) is 1.91. The highest BCUT2D eigenvalue weighted by molar-refractivity contribution is 8.00. The van der Waals surface area contributed by atoms with E-state index in [1.807, 2.05) is 43.0 Å². The largest absolute Gasteiger partial charge is 0.492 e. The molecule has 1 rings (SSSR count). The van der Waals surface area contributed by atoms with E-state index in [4.69, 9.17) is 10.5 Å². The Kier molecular flexibility index (Phi) is 5.34. The van der Waals surface area contributed by atoms with Crippen LogP contribution in [0.4, 0.5) is 0 Å². The second kappa shape index (κ2) is 6.31. The van der Waals surface area contributed by atoms with Crippen molar-refractivity contribution in [2.24, 2.45) is 5.73 Å². The molecule has 1 atom stereocenters. The van der Waals surface area contributed by atoms with Crippen molar-refractivity contribution in [3.05, 3.63) is 29.8 Å². The number of thioether (sulfide) groups is 1. The van der Waals surface area contributed by atoms with E-state index in [0.717, 1.165) is 23.7 Å². The minimum atomic E-state index is 0.0152. The average Bonchev–Trinajstić information content (AvgIpc) is 2.23. The van der Waals surface area contributed by atoms with Gasteiger partial charge in [-0.1, -0.05) is 39.0 Å². The zero-order valence-corrected chi connectivity index (χ0v) is 12.0. The van der Waals surface area contributed by atoms with Gasteiger partial charge in [-0.15, -0.1) is 0 Å². The maximum absolute atomic E-state index is 5.90. The van der Waals surface area contributed by atoms with E-state index in [-0.39, 0.29) is 6.04 Å². The Morgan fingerprint density at radius 1 is 1.29 bits per heavy atom. The van der Waals surface area contributed by atoms with Crippen LogP contribution >= 0.6 is 11.8 Å². The molecule has 0 saturated heterocycles. The lowest BCUT2D eigenvalue weighted by molar-refractivity contribution is 0.338. The molecule has 0 aliphatic rings. The molecule has 0 fully saturated rings. The van der Waals surface area contributed by atoms with Gasteiger partial charge >= 0.3 is 0 Å². The predicted octanol–water partition coefficient (Wildman–Crippen LogP) is 3.62. The second-order valence-electron chi connectivity index (χ2n) is 5.14. The molecule has 0 unspecified atom stereocenters. The molecule has 96 valence electrons. The highest BCUT2D eigenvalue weighted by Gasteiger charge is 2.11. The fourth-order valence-corrected chi connectivity index (χ4v) is 2.27. The van der Waals surface area contributed by atoms with Crippen LogP contribution in [0.15, 0.2) is 24.3 Å². The van der Waals surface area contributed by atoms with E-state index >= 15 is 0 Å². The molecule has 0 bridgehead atoms. The van der Waals surface area contributed by atoms with Crippen LogP contribution in [-0.4, -0.2) is 17.1 Å². The van der Waals surface area contributed by atoms with E-state index in [1.54, 1.807) is 0 Å². The molecular weight excluding hydrogens is 230 g/mol. The van der Waals surface area contributed by atoms with Gasteiger partial charge in [-0.05, 0) is 13.0 Å². The van der Waals surface area contributed by atoms with Crippen LogP contribution in [0.3, 0.4) is 0 Å². The van der Waals surface area contributed by atoms with Crippen molar-refractivity contribution in [3.63, 3.8) is 0 Å². The number of benzene rings is 1. The fourth-order valence-electron chi connectivity index (χ4n) is 1.49. The summed E-state index contributed by atoms with van der Waals surface area (Å²) in [6.07, 6.45) is 0. The average molecular weight is 253 g/mol. The van der Waals surface area contributed by atoms with Crippen molar-refractivity contribution in [1.82, 2.24) is 0 Å². The first-order chi connectivity index (χ1) is 7.90. The van der Waals surface area contributed by atoms with Crippen LogP contribution in [0.1, 0.15) is 39.3 Å². The first-order valence-corrected chi connectivity index (χ1v) is 7.00. The molecule has 0 amide bonds. The summed E-state index contributed by atoms with van der Waals surface area (Å²) < 4.78 is 6.09. The molecule has 0 spiro atoms. The third kappa shape index (κ3) is 5.46. The molecule has 1 aromatic carbocycles. The quantitative estimate of drug-likeness (QED) is 0.814. The van der Waals surface area contributed by atoms with Gasteiger partial charge in [-0.25, -0.2) is 0 Å². The van der Waals surface area contributed by atoms with Crippen LogP contribution in [0.2, 0.25) is 0 Å². The highest BCUT2D eigenvalue weighted by Crippen LogP contribution is 2.25. The van der Waals surface area contributed by atoms with Gasteiger partial charge < -0.3 is 10.5 Å². The van der Waals surface area contributed by atoms with Gasteiger partial charge in [0.2, 0.25) is 0 Å². The van der Waals surface area contributed by atoms with E-state index in [2.05, 4.69) is 20.8 Å². The van der Waals surface area contributed by atoms with Crippen molar-refractivity contribution in [1.29, 1.82) is 0 Å². The zero-order valence-electron chi connectivity index (χ0n) is 11.2. The predicted molar refractivity (Wildman–Crippen MR) is 76.8 cm³/mol. The normalized spacial score (nSPS) is 13.5. The smallest absolute Gasteiger partial charge is 0.124 e. The van der Waals surface area contributed by atoms with Crippen molar-refractivity contribution in [2.45, 2.75) is 38.5 Å². The summed E-state index contributed by atoms with van der Waals surface area (Å²) in [6.45, 7) is 9.35. The van der Waals surface area contributed by atoms with Gasteiger partial charge in [0.1, 0.15) is 5.75 Å². The minimum absolute atomic E-state index is 0.0152. The molecule has 0 radical (unpaired) electrons. The maximum atomic E-state index is 5.90. The Labute approximate surface area is 109 Å². The molecule has 0 aliphatic carbocycles. The zero-order chi connectivity index (χ0) is 12.9. The molecule has 2 N–H and O–H groups in total. The Bertz CT molecular complexity index is 344. The lowest BCUT2D eigenvalue weighted by Crippen LogP contribution is -2.13. The van der Waals surface area contributed by atoms with Gasteiger partial charge in [0.15, 0.2) is 0 Å². The van der Waals surface area contributed by atoms with Crippen molar-refractivity contribution < 1.29 is 4.74 Å². The number of ether oxygens (including phenoxy) is 1. The highest BCUT2D eigenvalue weighted by atomic mass is 32.2. The summed E-state index contributed by atoms with van der Waals surface area (Å²) in [5.41, 5.74) is 6.98. The first-order valence-electron chi connectivity index (χ1n) is 6.01. The van der Waals surface area contributed by atoms with E-state index in [0.29, 0.717) is 4.75 Å². The van der Waals surface area contributed by atoms with E-state index in [1.165, 1.54) is 0 Å². The lowest BCUT2D eigenvalue weighted by Gasteiger charge is -2.18. The van der Waals surface area contributed by atoms with Crippen LogP contribution < -0.4 is 10.5 Å². The van der Waals surface area contributed by atoms with Crippen LogP contribution in [-0.2, 0) is 0 Å². The minimum Gasteiger partial charge on any atom is -0.492 e. The molecule has 0 saturated carbocycles. The van der Waals surface area contributed by atoms with Crippen LogP contribution in [0.5, 0.6) is 5.75 Å². The lowest BCUT2D eigenvalue weighted by atomic mass is 10.1. The van der Waals surface area contributed by atoms with E-state index < -0.39 is 0 Å². The van der Waals surface area contributed by atoms with Crippen LogP contribution in [0, 0.1) is 0 Å². The van der Waals surface area contributed by atoms with Gasteiger partial charge in [0.25, 0.3) is 0 Å². The number of nitrogens with two attached hydrogens (primary N) is 1. The van der Waals surface area contributed by atoms with Crippen LogP contribution in [0.25, 0.3) is 0 Å². The Balaban J connectivity index is 2.47. The summed E-state index contributed by atoms with van der Waals surface area (Å²) in [6, 6.07) is 8.01. The molecule has 0 heterocycles. The standard InChI is InChI=1S/C14H23NOS/c1-11(15)12-7-5-6-8-13(12)16-9-10-17-14(2,3)4/h5-8,11H,9-10,15H2,1-4H3/t11-/m0/s1. The number of hydrogen-bond donors (Lipinski definition) is 1. The van der Waals surface area contributed by atoms with Gasteiger partial charge in [0.05, 0.1) is 6.61 Å². The maximum Gasteiger partial charge on any atom is 0.124 e. The third-order valence-corrected chi connectivity index (χ3v) is 3.52. The molecule has 3 heteroatoms. The van der Waals surface area contributed by atoms with Crippen molar-refractivity contribution in [2.75, 3.05) is 12.4 Å². The van der Waals surface area contributed by atoms with Crippen molar-refractivity contribution in [3.8, 4) is 5.75 Å². The Morgan fingerprint density at radius 2 is 1.94 bits per heavy atom. The molecule has 1 aromatic rings. The summed E-state index contributed by atoms with van der Waals surface area (Å²) in [5, 5.41) is 0. The summed E-state index contributed by atoms with van der Waals surface area (Å²) >= 11 is 1.91.